The SMILES string of the molecule is Cn1cc(CCNC(=O)CC(C)(C)C)c2cccnc21. The van der Waals surface area contributed by atoms with Crippen LogP contribution in [0.5, 0.6) is 0 Å². The van der Waals surface area contributed by atoms with Gasteiger partial charge in [-0.15, -0.1) is 0 Å². The fraction of sp³-hybridized carbons (Fsp3) is 0.500. The summed E-state index contributed by atoms with van der Waals surface area (Å²) in [5, 5.41) is 4.16. The Balaban J connectivity index is 1.95. The molecule has 0 bridgehead atoms. The van der Waals surface area contributed by atoms with E-state index in [1.807, 2.05) is 17.7 Å². The van der Waals surface area contributed by atoms with Crippen molar-refractivity contribution in [3.8, 4) is 0 Å². The normalized spacial score (nSPS) is 11.8. The van der Waals surface area contributed by atoms with Gasteiger partial charge < -0.3 is 9.88 Å². The highest BCUT2D eigenvalue weighted by molar-refractivity contribution is 5.80. The zero-order valence-corrected chi connectivity index (χ0v) is 12.7. The van der Waals surface area contributed by atoms with E-state index in [-0.39, 0.29) is 11.3 Å². The lowest BCUT2D eigenvalue weighted by molar-refractivity contribution is -0.122. The molecule has 0 aliphatic heterocycles. The van der Waals surface area contributed by atoms with Crippen LogP contribution >= 0.6 is 0 Å². The molecule has 2 rings (SSSR count). The van der Waals surface area contributed by atoms with Crippen LogP contribution in [0.2, 0.25) is 0 Å². The van der Waals surface area contributed by atoms with Gasteiger partial charge in [-0.25, -0.2) is 4.98 Å². The van der Waals surface area contributed by atoms with Gasteiger partial charge in [0.1, 0.15) is 5.65 Å². The molecule has 2 aromatic heterocycles. The van der Waals surface area contributed by atoms with E-state index in [0.29, 0.717) is 13.0 Å². The molecule has 0 aromatic carbocycles. The highest BCUT2D eigenvalue weighted by Crippen LogP contribution is 2.19. The van der Waals surface area contributed by atoms with Gasteiger partial charge in [-0.3, -0.25) is 4.79 Å². The molecule has 108 valence electrons. The molecule has 20 heavy (non-hydrogen) atoms. The number of aryl methyl sites for hydroxylation is 1. The van der Waals surface area contributed by atoms with Gasteiger partial charge in [0, 0.05) is 37.8 Å². The Morgan fingerprint density at radius 2 is 2.15 bits per heavy atom. The summed E-state index contributed by atoms with van der Waals surface area (Å²) in [5.41, 5.74) is 2.25. The van der Waals surface area contributed by atoms with E-state index in [0.717, 1.165) is 12.1 Å². The van der Waals surface area contributed by atoms with Crippen LogP contribution in [-0.2, 0) is 18.3 Å². The zero-order chi connectivity index (χ0) is 14.8. The third-order valence-corrected chi connectivity index (χ3v) is 3.22. The number of fused-ring (bicyclic) bond motifs is 1. The van der Waals surface area contributed by atoms with Crippen LogP contribution in [0.25, 0.3) is 11.0 Å². The number of pyridine rings is 1. The number of hydrogen-bond donors (Lipinski definition) is 1. The van der Waals surface area contributed by atoms with Crippen LogP contribution in [0.3, 0.4) is 0 Å². The van der Waals surface area contributed by atoms with Crippen molar-refractivity contribution >= 4 is 16.9 Å². The summed E-state index contributed by atoms with van der Waals surface area (Å²) in [6.45, 7) is 6.89. The van der Waals surface area contributed by atoms with E-state index in [1.165, 1.54) is 10.9 Å². The fourth-order valence-electron chi connectivity index (χ4n) is 2.37. The van der Waals surface area contributed by atoms with E-state index in [1.54, 1.807) is 6.20 Å². The molecule has 0 unspecified atom stereocenters. The third kappa shape index (κ3) is 3.59. The van der Waals surface area contributed by atoms with Gasteiger partial charge in [0.25, 0.3) is 0 Å². The first-order valence-electron chi connectivity index (χ1n) is 7.02. The smallest absolute Gasteiger partial charge is 0.220 e. The van der Waals surface area contributed by atoms with E-state index in [9.17, 15) is 4.79 Å². The molecule has 0 spiro atoms. The van der Waals surface area contributed by atoms with Gasteiger partial charge >= 0.3 is 0 Å². The Bertz CT molecular complexity index is 608. The first-order valence-corrected chi connectivity index (χ1v) is 7.02. The summed E-state index contributed by atoms with van der Waals surface area (Å²) in [5.74, 6) is 0.121. The molecule has 0 aliphatic rings. The maximum atomic E-state index is 11.8. The molecule has 4 heteroatoms. The average Bonchev–Trinajstić information content (AvgIpc) is 2.65. The second-order valence-electron chi connectivity index (χ2n) is 6.48. The Kier molecular flexibility index (Phi) is 4.12. The molecule has 1 amide bonds. The summed E-state index contributed by atoms with van der Waals surface area (Å²) in [6, 6.07) is 4.03. The Morgan fingerprint density at radius 1 is 1.40 bits per heavy atom. The summed E-state index contributed by atoms with van der Waals surface area (Å²) >= 11 is 0. The molecule has 1 N–H and O–H groups in total. The van der Waals surface area contributed by atoms with Crippen LogP contribution in [0.15, 0.2) is 24.5 Å². The maximum absolute atomic E-state index is 11.8. The second kappa shape index (κ2) is 5.65. The summed E-state index contributed by atoms with van der Waals surface area (Å²) in [4.78, 5) is 16.2. The molecule has 0 aliphatic carbocycles. The zero-order valence-electron chi connectivity index (χ0n) is 12.7. The second-order valence-corrected chi connectivity index (χ2v) is 6.48. The molecule has 0 saturated carbocycles. The van der Waals surface area contributed by atoms with Crippen molar-refractivity contribution in [3.05, 3.63) is 30.1 Å². The molecule has 2 heterocycles. The van der Waals surface area contributed by atoms with Crippen LogP contribution in [0, 0.1) is 5.41 Å². The third-order valence-electron chi connectivity index (χ3n) is 3.22. The first-order chi connectivity index (χ1) is 9.37. The number of rotatable bonds is 4. The molecule has 0 atom stereocenters. The van der Waals surface area contributed by atoms with Crippen molar-refractivity contribution in [1.29, 1.82) is 0 Å². The van der Waals surface area contributed by atoms with Crippen molar-refractivity contribution in [2.75, 3.05) is 6.54 Å². The minimum atomic E-state index is 0.0352. The topological polar surface area (TPSA) is 46.9 Å². The molecule has 4 nitrogen and oxygen atoms in total. The first kappa shape index (κ1) is 14.6. The molecular weight excluding hydrogens is 250 g/mol. The summed E-state index contributed by atoms with van der Waals surface area (Å²) < 4.78 is 2.03. The largest absolute Gasteiger partial charge is 0.356 e. The van der Waals surface area contributed by atoms with Crippen LogP contribution in [-0.4, -0.2) is 22.0 Å². The number of nitrogens with one attached hydrogen (secondary N) is 1. The van der Waals surface area contributed by atoms with Gasteiger partial charge in [-0.1, -0.05) is 20.8 Å². The van der Waals surface area contributed by atoms with E-state index >= 15 is 0 Å². The van der Waals surface area contributed by atoms with Gasteiger partial charge in [-0.2, -0.15) is 0 Å². The highest BCUT2D eigenvalue weighted by atomic mass is 16.1. The van der Waals surface area contributed by atoms with Crippen LogP contribution in [0.4, 0.5) is 0 Å². The van der Waals surface area contributed by atoms with Crippen molar-refractivity contribution in [1.82, 2.24) is 14.9 Å². The molecule has 0 fully saturated rings. The average molecular weight is 273 g/mol. The van der Waals surface area contributed by atoms with Crippen LogP contribution in [0.1, 0.15) is 32.8 Å². The van der Waals surface area contributed by atoms with Gasteiger partial charge in [0.15, 0.2) is 0 Å². The van der Waals surface area contributed by atoms with Crippen molar-refractivity contribution in [2.24, 2.45) is 12.5 Å². The number of aromatic nitrogens is 2. The standard InChI is InChI=1S/C16H23N3O/c1-16(2,3)10-14(20)17-9-7-12-11-19(4)15-13(12)6-5-8-18-15/h5-6,8,11H,7,9-10H2,1-4H3,(H,17,20). The summed E-state index contributed by atoms with van der Waals surface area (Å²) in [7, 11) is 2.00. The van der Waals surface area contributed by atoms with E-state index in [4.69, 9.17) is 0 Å². The molecule has 0 saturated heterocycles. The Morgan fingerprint density at radius 3 is 2.85 bits per heavy atom. The minimum Gasteiger partial charge on any atom is -0.356 e. The maximum Gasteiger partial charge on any atom is 0.220 e. The van der Waals surface area contributed by atoms with Crippen molar-refractivity contribution in [2.45, 2.75) is 33.6 Å². The lowest BCUT2D eigenvalue weighted by Crippen LogP contribution is -2.29. The molecule has 0 radical (unpaired) electrons. The number of carbonyl (C=O) groups is 1. The number of nitrogens with zero attached hydrogens (tertiary/aromatic N) is 2. The monoisotopic (exact) mass is 273 g/mol. The lowest BCUT2D eigenvalue weighted by atomic mass is 9.92. The van der Waals surface area contributed by atoms with Crippen molar-refractivity contribution in [3.63, 3.8) is 0 Å². The highest BCUT2D eigenvalue weighted by Gasteiger charge is 2.15. The lowest BCUT2D eigenvalue weighted by Gasteiger charge is -2.17. The van der Waals surface area contributed by atoms with Crippen molar-refractivity contribution < 1.29 is 4.79 Å². The predicted molar refractivity (Wildman–Crippen MR) is 81.5 cm³/mol. The van der Waals surface area contributed by atoms with E-state index in [2.05, 4.69) is 43.3 Å². The Labute approximate surface area is 120 Å². The predicted octanol–water partition coefficient (Wildman–Crippen LogP) is 2.67. The number of carbonyl (C=O) groups excluding carboxylic acids is 1. The minimum absolute atomic E-state index is 0.0352. The quantitative estimate of drug-likeness (QED) is 0.931. The van der Waals surface area contributed by atoms with Gasteiger partial charge in [-0.05, 0) is 29.5 Å². The van der Waals surface area contributed by atoms with Crippen LogP contribution < -0.4 is 5.32 Å². The molecular formula is C16H23N3O. The Hall–Kier alpha value is -1.84. The number of amides is 1. The van der Waals surface area contributed by atoms with Gasteiger partial charge in [0.05, 0.1) is 0 Å². The molecule has 2 aromatic rings. The fourth-order valence-corrected chi connectivity index (χ4v) is 2.37. The number of hydrogen-bond acceptors (Lipinski definition) is 2. The van der Waals surface area contributed by atoms with E-state index < -0.39 is 0 Å². The summed E-state index contributed by atoms with van der Waals surface area (Å²) in [6.07, 6.45) is 5.29. The van der Waals surface area contributed by atoms with Gasteiger partial charge in [0.2, 0.25) is 5.91 Å².